The van der Waals surface area contributed by atoms with E-state index in [1.54, 1.807) is 0 Å². The van der Waals surface area contributed by atoms with Crippen LogP contribution in [0.5, 0.6) is 0 Å². The zero-order chi connectivity index (χ0) is 9.47. The molecule has 0 aromatic carbocycles. The van der Waals surface area contributed by atoms with Crippen molar-refractivity contribution >= 4 is 0 Å². The van der Waals surface area contributed by atoms with Crippen molar-refractivity contribution in [1.82, 2.24) is 0 Å². The maximum absolute atomic E-state index is 5.56. The van der Waals surface area contributed by atoms with Crippen LogP contribution in [-0.4, -0.2) is 13.2 Å². The molecule has 1 nitrogen and oxygen atoms in total. The number of hydrogen-bond acceptors (Lipinski definition) is 1. The molecule has 3 atom stereocenters. The number of hydrogen-bond donors (Lipinski definition) is 0. The maximum Gasteiger partial charge on any atom is 0.0496 e. The summed E-state index contributed by atoms with van der Waals surface area (Å²) in [7, 11) is 0. The van der Waals surface area contributed by atoms with Gasteiger partial charge in [-0.15, -0.1) is 0 Å². The van der Waals surface area contributed by atoms with Gasteiger partial charge in [0.15, 0.2) is 0 Å². The lowest BCUT2D eigenvalue weighted by Gasteiger charge is -2.60. The third-order valence-electron chi connectivity index (χ3n) is 4.54. The van der Waals surface area contributed by atoms with Crippen LogP contribution in [-0.2, 0) is 4.74 Å². The summed E-state index contributed by atoms with van der Waals surface area (Å²) in [5.74, 6) is 2.84. The summed E-state index contributed by atoms with van der Waals surface area (Å²) in [4.78, 5) is 0. The maximum atomic E-state index is 5.56. The summed E-state index contributed by atoms with van der Waals surface area (Å²) < 4.78 is 5.56. The second kappa shape index (κ2) is 3.27. The summed E-state index contributed by atoms with van der Waals surface area (Å²) in [5, 5.41) is 0. The average molecular weight is 182 g/mol. The van der Waals surface area contributed by atoms with Crippen molar-refractivity contribution in [3.63, 3.8) is 0 Å². The molecule has 0 N–H and O–H groups in total. The van der Waals surface area contributed by atoms with Gasteiger partial charge in [-0.05, 0) is 49.4 Å². The topological polar surface area (TPSA) is 9.23 Å². The van der Waals surface area contributed by atoms with Gasteiger partial charge in [0.05, 0.1) is 0 Å². The van der Waals surface area contributed by atoms with E-state index in [-0.39, 0.29) is 0 Å². The fourth-order valence-corrected chi connectivity index (χ4v) is 3.43. The van der Waals surface area contributed by atoms with E-state index < -0.39 is 0 Å². The molecule has 3 aliphatic rings. The largest absolute Gasteiger partial charge is 0.381 e. The first kappa shape index (κ1) is 9.51. The van der Waals surface area contributed by atoms with Crippen molar-refractivity contribution in [3.05, 3.63) is 0 Å². The Morgan fingerprint density at radius 2 is 2.08 bits per heavy atom. The highest BCUT2D eigenvalue weighted by Gasteiger charge is 2.53. The predicted octanol–water partition coefficient (Wildman–Crippen LogP) is 3.10. The van der Waals surface area contributed by atoms with Crippen LogP contribution < -0.4 is 0 Å². The van der Waals surface area contributed by atoms with Gasteiger partial charge in [0.25, 0.3) is 0 Å². The average Bonchev–Trinajstić information content (AvgIpc) is 2.14. The van der Waals surface area contributed by atoms with E-state index in [0.29, 0.717) is 5.41 Å². The van der Waals surface area contributed by atoms with Crippen LogP contribution in [0, 0.1) is 23.2 Å². The zero-order valence-corrected chi connectivity index (χ0v) is 9.18. The second-order valence-electron chi connectivity index (χ2n) is 5.36. The molecule has 3 fully saturated rings. The van der Waals surface area contributed by atoms with Gasteiger partial charge in [-0.2, -0.15) is 0 Å². The van der Waals surface area contributed by atoms with E-state index in [1.807, 2.05) is 0 Å². The lowest BCUT2D eigenvalue weighted by atomic mass is 9.46. The Morgan fingerprint density at radius 3 is 2.62 bits per heavy atom. The van der Waals surface area contributed by atoms with Crippen molar-refractivity contribution < 1.29 is 4.74 Å². The lowest BCUT2D eigenvalue weighted by Crippen LogP contribution is -2.53. The predicted molar refractivity (Wildman–Crippen MR) is 54.6 cm³/mol. The lowest BCUT2D eigenvalue weighted by molar-refractivity contribution is -0.123. The Balaban J connectivity index is 1.91. The molecule has 3 rings (SSSR count). The number of fused-ring (bicyclic) bond motifs is 2. The molecule has 76 valence electrons. The van der Waals surface area contributed by atoms with E-state index in [2.05, 4.69) is 20.8 Å². The van der Waals surface area contributed by atoms with Crippen LogP contribution in [0.2, 0.25) is 0 Å². The summed E-state index contributed by atoms with van der Waals surface area (Å²) in [6.45, 7) is 8.88. The molecular formula is C12H22O. The fourth-order valence-electron chi connectivity index (χ4n) is 3.43. The Hall–Kier alpha value is -0.0400. The summed E-state index contributed by atoms with van der Waals surface area (Å²) in [6.07, 6.45) is 4.34. The smallest absolute Gasteiger partial charge is 0.0496 e. The van der Waals surface area contributed by atoms with Gasteiger partial charge < -0.3 is 4.74 Å². The minimum Gasteiger partial charge on any atom is -0.381 e. The van der Waals surface area contributed by atoms with E-state index in [9.17, 15) is 0 Å². The third-order valence-corrected chi connectivity index (χ3v) is 4.54. The van der Waals surface area contributed by atoms with Crippen LogP contribution >= 0.6 is 0 Å². The minimum absolute atomic E-state index is 0.625. The van der Waals surface area contributed by atoms with Gasteiger partial charge >= 0.3 is 0 Å². The fraction of sp³-hybridized carbons (Fsp3) is 1.00. The quantitative estimate of drug-likeness (QED) is 0.651. The van der Waals surface area contributed by atoms with Gasteiger partial charge in [-0.1, -0.05) is 13.8 Å². The molecule has 13 heavy (non-hydrogen) atoms. The molecule has 0 aromatic heterocycles. The molecule has 2 bridgehead atoms. The number of ether oxygens (including phenoxy) is 1. The Morgan fingerprint density at radius 1 is 1.31 bits per heavy atom. The highest BCUT2D eigenvalue weighted by atomic mass is 16.5. The first-order valence-electron chi connectivity index (χ1n) is 5.74. The summed E-state index contributed by atoms with van der Waals surface area (Å²) in [6, 6.07) is 0. The van der Waals surface area contributed by atoms with Crippen molar-refractivity contribution in [2.45, 2.75) is 40.0 Å². The molecule has 0 heterocycles. The molecule has 2 unspecified atom stereocenters. The Kier molecular flexibility index (Phi) is 2.39. The SMILES string of the molecule is CCOCC1CCC2C[C@@H]1C2(C)C. The van der Waals surface area contributed by atoms with Crippen molar-refractivity contribution in [2.24, 2.45) is 23.2 Å². The molecule has 0 radical (unpaired) electrons. The molecule has 0 amide bonds. The van der Waals surface area contributed by atoms with E-state index in [1.165, 1.54) is 19.3 Å². The van der Waals surface area contributed by atoms with Gasteiger partial charge in [0.2, 0.25) is 0 Å². The molecule has 0 saturated heterocycles. The minimum atomic E-state index is 0.625. The van der Waals surface area contributed by atoms with Crippen molar-refractivity contribution in [1.29, 1.82) is 0 Å². The van der Waals surface area contributed by atoms with Gasteiger partial charge in [0, 0.05) is 13.2 Å². The zero-order valence-electron chi connectivity index (χ0n) is 9.18. The third kappa shape index (κ3) is 1.41. The van der Waals surface area contributed by atoms with Crippen molar-refractivity contribution in [3.8, 4) is 0 Å². The van der Waals surface area contributed by atoms with Crippen LogP contribution in [0.3, 0.4) is 0 Å². The van der Waals surface area contributed by atoms with Gasteiger partial charge in [-0.3, -0.25) is 0 Å². The normalized spacial score (nSPS) is 41.3. The van der Waals surface area contributed by atoms with Crippen LogP contribution in [0.25, 0.3) is 0 Å². The molecule has 0 spiro atoms. The molecule has 0 aliphatic heterocycles. The van der Waals surface area contributed by atoms with Crippen LogP contribution in [0.4, 0.5) is 0 Å². The molecule has 1 heteroatoms. The first-order valence-corrected chi connectivity index (χ1v) is 5.74. The summed E-state index contributed by atoms with van der Waals surface area (Å²) in [5.41, 5.74) is 0.625. The first-order chi connectivity index (χ1) is 6.16. The van der Waals surface area contributed by atoms with Crippen LogP contribution in [0.1, 0.15) is 40.0 Å². The molecular weight excluding hydrogens is 160 g/mol. The highest BCUT2D eigenvalue weighted by Crippen LogP contribution is 2.61. The molecule has 0 aromatic rings. The Labute approximate surface area is 81.9 Å². The standard InChI is InChI=1S/C12H22O/c1-4-13-8-9-5-6-10-7-11(9)12(10,2)3/h9-11H,4-8H2,1-3H3/t9?,10?,11-/m0/s1. The number of rotatable bonds is 3. The molecule has 3 aliphatic carbocycles. The van der Waals surface area contributed by atoms with E-state index >= 15 is 0 Å². The Bertz CT molecular complexity index is 184. The van der Waals surface area contributed by atoms with Crippen molar-refractivity contribution in [2.75, 3.05) is 13.2 Å². The van der Waals surface area contributed by atoms with Crippen LogP contribution in [0.15, 0.2) is 0 Å². The van der Waals surface area contributed by atoms with Gasteiger partial charge in [0.1, 0.15) is 0 Å². The second-order valence-corrected chi connectivity index (χ2v) is 5.36. The monoisotopic (exact) mass is 182 g/mol. The van der Waals surface area contributed by atoms with Gasteiger partial charge in [-0.25, -0.2) is 0 Å². The van der Waals surface area contributed by atoms with E-state index in [0.717, 1.165) is 31.0 Å². The summed E-state index contributed by atoms with van der Waals surface area (Å²) >= 11 is 0. The highest BCUT2D eigenvalue weighted by molar-refractivity contribution is 5.03. The van der Waals surface area contributed by atoms with E-state index in [4.69, 9.17) is 4.74 Å². The molecule has 3 saturated carbocycles.